The number of phenols is 4. The molecule has 0 aliphatic heterocycles. The van der Waals surface area contributed by atoms with Crippen molar-refractivity contribution in [1.82, 2.24) is 29.5 Å². The molecule has 14 nitrogen and oxygen atoms in total. The molecule has 2 aromatic heterocycles. The summed E-state index contributed by atoms with van der Waals surface area (Å²) in [5.41, 5.74) is 3.23. The number of carbonyl (C=O) groups is 2. The van der Waals surface area contributed by atoms with Crippen LogP contribution in [0.1, 0.15) is 20.7 Å². The number of hydrogen-bond donors (Lipinski definition) is 6. The summed E-state index contributed by atoms with van der Waals surface area (Å²) >= 11 is 0. The molecule has 0 fully saturated rings. The Balaban J connectivity index is 0.000000189. The van der Waals surface area contributed by atoms with Gasteiger partial charge >= 0.3 is 11.9 Å². The molecule has 0 radical (unpaired) electrons. The Kier molecular flexibility index (Phi) is 11.4. The number of benzene rings is 6. The van der Waals surface area contributed by atoms with E-state index in [9.17, 15) is 30.0 Å². The zero-order valence-corrected chi connectivity index (χ0v) is 30.5. The summed E-state index contributed by atoms with van der Waals surface area (Å²) in [6, 6.07) is 39.1. The van der Waals surface area contributed by atoms with Crippen LogP contribution in [0.2, 0.25) is 0 Å². The minimum absolute atomic E-state index is 0. The third-order valence-corrected chi connectivity index (χ3v) is 8.51. The molecule has 0 atom stereocenters. The first-order valence-corrected chi connectivity index (χ1v) is 16.8. The Morgan fingerprint density at radius 1 is 0.404 bits per heavy atom. The number of nitrogens with zero attached hydrogens (tertiary/aromatic N) is 6. The largest absolute Gasteiger partial charge is 0.507 e. The normalized spacial score (nSPS) is 10.5. The second kappa shape index (κ2) is 16.7. The van der Waals surface area contributed by atoms with Gasteiger partial charge in [-0.2, -0.15) is 0 Å². The number of hydrogen-bond acceptors (Lipinski definition) is 10. The second-order valence-electron chi connectivity index (χ2n) is 12.1. The molecule has 0 spiro atoms. The van der Waals surface area contributed by atoms with Crippen LogP contribution in [0.5, 0.6) is 23.0 Å². The van der Waals surface area contributed by atoms with Gasteiger partial charge in [0.1, 0.15) is 23.0 Å². The topological polar surface area (TPSA) is 217 Å². The molecule has 57 heavy (non-hydrogen) atoms. The molecule has 8 rings (SSSR count). The van der Waals surface area contributed by atoms with Gasteiger partial charge in [-0.05, 0) is 97.1 Å². The van der Waals surface area contributed by atoms with E-state index in [0.717, 1.165) is 0 Å². The van der Waals surface area contributed by atoms with Crippen LogP contribution in [0.25, 0.3) is 56.9 Å². The van der Waals surface area contributed by atoms with E-state index < -0.39 is 11.9 Å². The summed E-state index contributed by atoms with van der Waals surface area (Å²) in [4.78, 5) is 31.3. The van der Waals surface area contributed by atoms with Crippen molar-refractivity contribution < 1.29 is 57.3 Å². The molecule has 0 aliphatic rings. The second-order valence-corrected chi connectivity index (χ2v) is 12.1. The van der Waals surface area contributed by atoms with Crippen molar-refractivity contribution in [2.24, 2.45) is 0 Å². The molecule has 8 aromatic rings. The van der Waals surface area contributed by atoms with Gasteiger partial charge in [-0.1, -0.05) is 48.5 Å². The molecule has 2 heterocycles. The number of aromatic nitrogens is 6. The average Bonchev–Trinajstić information content (AvgIpc) is 3.85. The maximum atomic E-state index is 11.1. The van der Waals surface area contributed by atoms with Crippen LogP contribution in [-0.2, 0) is 17.1 Å². The predicted molar refractivity (Wildman–Crippen MR) is 205 cm³/mol. The van der Waals surface area contributed by atoms with Gasteiger partial charge in [-0.3, -0.25) is 0 Å². The Bertz CT molecular complexity index is 2530. The first-order valence-electron chi connectivity index (χ1n) is 16.8. The molecule has 0 saturated carbocycles. The molecule has 0 amide bonds. The van der Waals surface area contributed by atoms with Crippen molar-refractivity contribution in [2.75, 3.05) is 0 Å². The van der Waals surface area contributed by atoms with E-state index in [0.29, 0.717) is 45.3 Å². The zero-order chi connectivity index (χ0) is 39.3. The molecule has 6 aromatic carbocycles. The van der Waals surface area contributed by atoms with E-state index in [-0.39, 0.29) is 62.8 Å². The summed E-state index contributed by atoms with van der Waals surface area (Å²) in [6.45, 7) is 0. The first kappa shape index (κ1) is 39.0. The molecule has 15 heteroatoms. The summed E-state index contributed by atoms with van der Waals surface area (Å²) in [5, 5.41) is 68.1. The van der Waals surface area contributed by atoms with Crippen molar-refractivity contribution in [2.45, 2.75) is 0 Å². The third kappa shape index (κ3) is 8.19. The fourth-order valence-corrected chi connectivity index (χ4v) is 5.70. The number of rotatable bonds is 8. The van der Waals surface area contributed by atoms with Crippen LogP contribution in [-0.4, -0.2) is 72.1 Å². The SMILES string of the molecule is O=C(O)c1ccc(-n2nc(-c3ccccc3O)nc2-c2ccccc2O)cc1.O=C(O)c1ccc(-n2nc(-c3ccccc3O)nc2-c2ccccc2O)cc1.[Fe]. The average molecular weight is 803 g/mol. The van der Waals surface area contributed by atoms with Crippen LogP contribution in [0.4, 0.5) is 0 Å². The predicted octanol–water partition coefficient (Wildman–Crippen LogP) is 7.42. The van der Waals surface area contributed by atoms with Crippen LogP contribution >= 0.6 is 0 Å². The molecule has 6 N–H and O–H groups in total. The Morgan fingerprint density at radius 3 is 0.965 bits per heavy atom. The van der Waals surface area contributed by atoms with Crippen molar-refractivity contribution in [3.63, 3.8) is 0 Å². The molecule has 284 valence electrons. The maximum absolute atomic E-state index is 11.1. The molecule has 0 saturated heterocycles. The van der Waals surface area contributed by atoms with Gasteiger partial charge in [0.2, 0.25) is 0 Å². The molecule has 0 unspecified atom stereocenters. The number of carboxylic acids is 2. The number of para-hydroxylation sites is 4. The molecule has 0 aliphatic carbocycles. The summed E-state index contributed by atoms with van der Waals surface area (Å²) in [7, 11) is 0. The van der Waals surface area contributed by atoms with Gasteiger partial charge in [0.05, 0.1) is 44.8 Å². The number of aromatic carboxylic acids is 2. The Labute approximate surface area is 334 Å². The smallest absolute Gasteiger partial charge is 0.335 e. The molecular weight excluding hydrogens is 772 g/mol. The number of aromatic hydroxyl groups is 4. The van der Waals surface area contributed by atoms with Gasteiger partial charge in [-0.15, -0.1) is 10.2 Å². The summed E-state index contributed by atoms with van der Waals surface area (Å²) in [6.07, 6.45) is 0. The summed E-state index contributed by atoms with van der Waals surface area (Å²) < 4.78 is 3.00. The van der Waals surface area contributed by atoms with Crippen LogP contribution in [0.15, 0.2) is 146 Å². The summed E-state index contributed by atoms with van der Waals surface area (Å²) in [5.74, 6) is -0.656. The number of carboxylic acid groups (broad SMARTS) is 2. The van der Waals surface area contributed by atoms with E-state index in [1.807, 2.05) is 0 Å². The first-order chi connectivity index (χ1) is 27.1. The monoisotopic (exact) mass is 802 g/mol. The zero-order valence-electron chi connectivity index (χ0n) is 29.4. The van der Waals surface area contributed by atoms with E-state index >= 15 is 0 Å². The quantitative estimate of drug-likeness (QED) is 0.0828. The van der Waals surface area contributed by atoms with Gasteiger partial charge < -0.3 is 30.6 Å². The van der Waals surface area contributed by atoms with Crippen LogP contribution in [0.3, 0.4) is 0 Å². The van der Waals surface area contributed by atoms with E-state index in [1.165, 1.54) is 45.8 Å². The van der Waals surface area contributed by atoms with Gasteiger partial charge in [0, 0.05) is 17.1 Å². The number of phenolic OH excluding ortho intramolecular Hbond substituents is 4. The van der Waals surface area contributed by atoms with E-state index in [4.69, 9.17) is 10.2 Å². The molecule has 0 bridgehead atoms. The minimum atomic E-state index is -1.03. The van der Waals surface area contributed by atoms with E-state index in [1.54, 1.807) is 109 Å². The van der Waals surface area contributed by atoms with Gasteiger partial charge in [-0.25, -0.2) is 28.9 Å². The van der Waals surface area contributed by atoms with Gasteiger partial charge in [0.15, 0.2) is 23.3 Å². The van der Waals surface area contributed by atoms with Crippen LogP contribution < -0.4 is 0 Å². The molecular formula is C42H30FeN6O8. The fourth-order valence-electron chi connectivity index (χ4n) is 5.70. The Hall–Kier alpha value is -7.74. The van der Waals surface area contributed by atoms with Crippen molar-refractivity contribution >= 4 is 11.9 Å². The van der Waals surface area contributed by atoms with Gasteiger partial charge in [0.25, 0.3) is 0 Å². The van der Waals surface area contributed by atoms with E-state index in [2.05, 4.69) is 20.2 Å². The van der Waals surface area contributed by atoms with Crippen molar-refractivity contribution in [1.29, 1.82) is 0 Å². The van der Waals surface area contributed by atoms with Crippen molar-refractivity contribution in [3.05, 3.63) is 157 Å². The fraction of sp³-hybridized carbons (Fsp3) is 0. The maximum Gasteiger partial charge on any atom is 0.335 e. The Morgan fingerprint density at radius 2 is 0.684 bits per heavy atom. The van der Waals surface area contributed by atoms with Crippen LogP contribution in [0, 0.1) is 0 Å². The van der Waals surface area contributed by atoms with Crippen molar-refractivity contribution in [3.8, 4) is 79.9 Å². The minimum Gasteiger partial charge on any atom is -0.507 e. The standard InChI is InChI=1S/2C21H15N3O4.Fe/c2*25-17-7-3-1-5-15(17)19-22-20(16-6-2-4-8-18(16)26)24(23-19)14-11-9-13(10-12-14)21(27)28;/h2*1-12,25-26H,(H,27,28);. The third-order valence-electron chi connectivity index (χ3n) is 8.51.